The third-order valence-electron chi connectivity index (χ3n) is 8.17. The minimum Gasteiger partial charge on any atom is -0.414 e. The highest BCUT2D eigenvalue weighted by Gasteiger charge is 2.36. The standard InChI is InChI=1S/C36H67N3O16Si/c1-36(2,3)56(4,5)55-31-30-54-29-28-53-27-26-52-25-24-51-23-22-50-21-20-49-19-18-48-17-16-47-15-14-46-13-12-45-11-10-44-9-8-37-34-7-6-33(38(40)41)32-35(34)39(42)43/h6-7,32,37H,8-31H2,1-5H3. The molecule has 0 spiro atoms. The van der Waals surface area contributed by atoms with E-state index in [1.54, 1.807) is 0 Å². The second-order valence-electron chi connectivity index (χ2n) is 13.5. The van der Waals surface area contributed by atoms with Gasteiger partial charge < -0.3 is 61.8 Å². The van der Waals surface area contributed by atoms with E-state index in [1.807, 2.05) is 0 Å². The average Bonchev–Trinajstić information content (AvgIpc) is 3.15. The third kappa shape index (κ3) is 28.0. The molecule has 1 aromatic carbocycles. The summed E-state index contributed by atoms with van der Waals surface area (Å²) in [7, 11) is -1.71. The van der Waals surface area contributed by atoms with Gasteiger partial charge in [0.05, 0.1) is 168 Å². The van der Waals surface area contributed by atoms with E-state index < -0.39 is 18.2 Å². The second kappa shape index (κ2) is 33.5. The molecule has 0 bridgehead atoms. The van der Waals surface area contributed by atoms with Crippen molar-refractivity contribution in [2.24, 2.45) is 0 Å². The molecule has 1 aromatic rings. The first-order chi connectivity index (χ1) is 27.0. The van der Waals surface area contributed by atoms with Crippen molar-refractivity contribution in [1.29, 1.82) is 0 Å². The van der Waals surface area contributed by atoms with E-state index in [-0.39, 0.29) is 35.3 Å². The molecule has 0 heterocycles. The fourth-order valence-corrected chi connectivity index (χ4v) is 5.09. The van der Waals surface area contributed by atoms with E-state index >= 15 is 0 Å². The van der Waals surface area contributed by atoms with Gasteiger partial charge in [0.1, 0.15) is 5.69 Å². The number of anilines is 1. The largest absolute Gasteiger partial charge is 0.414 e. The Labute approximate surface area is 332 Å². The number of nitro benzene ring substituents is 2. The van der Waals surface area contributed by atoms with Crippen LogP contribution in [0.15, 0.2) is 18.2 Å². The topological polar surface area (TPSA) is 209 Å². The average molecular weight is 826 g/mol. The molecule has 0 aliphatic heterocycles. The predicted octanol–water partition coefficient (Wildman–Crippen LogP) is 4.12. The van der Waals surface area contributed by atoms with E-state index in [0.717, 1.165) is 6.07 Å². The van der Waals surface area contributed by atoms with Crippen molar-refractivity contribution in [2.75, 3.05) is 164 Å². The number of ether oxygens (including phenoxy) is 11. The summed E-state index contributed by atoms with van der Waals surface area (Å²) in [6.45, 7) is 22.2. The molecule has 0 saturated heterocycles. The van der Waals surface area contributed by atoms with Gasteiger partial charge in [-0.25, -0.2) is 0 Å². The molecule has 20 heteroatoms. The molecule has 0 saturated carbocycles. The maximum Gasteiger partial charge on any atom is 0.299 e. The highest BCUT2D eigenvalue weighted by molar-refractivity contribution is 6.74. The number of hydrogen-bond donors (Lipinski definition) is 1. The van der Waals surface area contributed by atoms with Crippen LogP contribution in [0.1, 0.15) is 20.8 Å². The van der Waals surface area contributed by atoms with Crippen LogP contribution < -0.4 is 5.32 Å². The van der Waals surface area contributed by atoms with Gasteiger partial charge in [-0.3, -0.25) is 20.2 Å². The lowest BCUT2D eigenvalue weighted by Gasteiger charge is -2.36. The van der Waals surface area contributed by atoms with Crippen molar-refractivity contribution in [3.63, 3.8) is 0 Å². The molecule has 0 atom stereocenters. The van der Waals surface area contributed by atoms with E-state index in [9.17, 15) is 20.2 Å². The Balaban J connectivity index is 1.71. The fraction of sp³-hybridized carbons (Fsp3) is 0.833. The number of benzene rings is 1. The Bertz CT molecular complexity index is 1130. The summed E-state index contributed by atoms with van der Waals surface area (Å²) >= 11 is 0. The van der Waals surface area contributed by atoms with Gasteiger partial charge in [0.25, 0.3) is 11.4 Å². The highest BCUT2D eigenvalue weighted by atomic mass is 28.4. The Morgan fingerprint density at radius 3 is 1.09 bits per heavy atom. The molecule has 0 aromatic heterocycles. The lowest BCUT2D eigenvalue weighted by atomic mass is 10.2. The number of nitrogens with zero attached hydrogens (tertiary/aromatic N) is 2. The molecule has 1 N–H and O–H groups in total. The molecular formula is C36H67N3O16Si. The zero-order valence-electron chi connectivity index (χ0n) is 34.1. The zero-order chi connectivity index (χ0) is 41.2. The molecule has 0 radical (unpaired) electrons. The summed E-state index contributed by atoms with van der Waals surface area (Å²) in [6, 6.07) is 3.43. The van der Waals surface area contributed by atoms with Gasteiger partial charge in [0, 0.05) is 12.6 Å². The lowest BCUT2D eigenvalue weighted by Crippen LogP contribution is -2.41. The third-order valence-corrected chi connectivity index (χ3v) is 12.7. The Morgan fingerprint density at radius 2 is 0.804 bits per heavy atom. The summed E-state index contributed by atoms with van der Waals surface area (Å²) in [6.07, 6.45) is 0. The van der Waals surface area contributed by atoms with E-state index in [4.69, 9.17) is 56.5 Å². The molecule has 56 heavy (non-hydrogen) atoms. The summed E-state index contributed by atoms with van der Waals surface area (Å²) in [5.74, 6) is 0. The first kappa shape index (κ1) is 51.6. The molecule has 0 fully saturated rings. The van der Waals surface area contributed by atoms with E-state index in [2.05, 4.69) is 39.2 Å². The summed E-state index contributed by atoms with van der Waals surface area (Å²) < 4.78 is 66.4. The smallest absolute Gasteiger partial charge is 0.299 e. The molecule has 1 rings (SSSR count). The van der Waals surface area contributed by atoms with Crippen LogP contribution in [0.5, 0.6) is 0 Å². The summed E-state index contributed by atoms with van der Waals surface area (Å²) in [4.78, 5) is 20.6. The van der Waals surface area contributed by atoms with Crippen LogP contribution >= 0.6 is 0 Å². The number of rotatable bonds is 40. The van der Waals surface area contributed by atoms with E-state index in [0.29, 0.717) is 145 Å². The molecule has 0 aliphatic rings. The van der Waals surface area contributed by atoms with Crippen LogP contribution in [-0.4, -0.2) is 177 Å². The van der Waals surface area contributed by atoms with Crippen LogP contribution in [0, 0.1) is 20.2 Å². The van der Waals surface area contributed by atoms with Crippen molar-refractivity contribution in [2.45, 2.75) is 38.9 Å². The molecule has 0 amide bonds. The number of nitro groups is 2. The number of non-ortho nitro benzene ring substituents is 1. The van der Waals surface area contributed by atoms with Gasteiger partial charge in [0.2, 0.25) is 0 Å². The van der Waals surface area contributed by atoms with Crippen molar-refractivity contribution >= 4 is 25.4 Å². The SMILES string of the molecule is CC(C)(C)[Si](C)(C)OCCOCCOCCOCCOCCOCCOCCOCCOCCOCCOCCOCCNc1ccc([N+](=O)[O-])cc1[N+](=O)[O-]. The molecule has 19 nitrogen and oxygen atoms in total. The minimum atomic E-state index is -1.71. The van der Waals surface area contributed by atoms with E-state index in [1.165, 1.54) is 12.1 Å². The van der Waals surface area contributed by atoms with Gasteiger partial charge in [0.15, 0.2) is 8.32 Å². The van der Waals surface area contributed by atoms with Crippen molar-refractivity contribution in [3.05, 3.63) is 38.4 Å². The van der Waals surface area contributed by atoms with Crippen LogP contribution in [0.4, 0.5) is 17.1 Å². The van der Waals surface area contributed by atoms with Crippen LogP contribution in [0.3, 0.4) is 0 Å². The van der Waals surface area contributed by atoms with Gasteiger partial charge >= 0.3 is 0 Å². The predicted molar refractivity (Wildman–Crippen MR) is 210 cm³/mol. The fourth-order valence-electron chi connectivity index (χ4n) is 4.07. The number of nitrogens with one attached hydrogen (secondary N) is 1. The second-order valence-corrected chi connectivity index (χ2v) is 18.3. The van der Waals surface area contributed by atoms with Gasteiger partial charge in [-0.15, -0.1) is 0 Å². The van der Waals surface area contributed by atoms with Gasteiger partial charge in [-0.2, -0.15) is 0 Å². The number of hydrogen-bond acceptors (Lipinski definition) is 17. The first-order valence-electron chi connectivity index (χ1n) is 19.1. The summed E-state index contributed by atoms with van der Waals surface area (Å²) in [5, 5.41) is 25.0. The quantitative estimate of drug-likeness (QED) is 0.0427. The van der Waals surface area contributed by atoms with Gasteiger partial charge in [-0.05, 0) is 24.2 Å². The molecule has 0 aliphatic carbocycles. The Kier molecular flexibility index (Phi) is 30.9. The van der Waals surface area contributed by atoms with Crippen LogP contribution in [0.2, 0.25) is 18.1 Å². The Hall–Kier alpha value is -2.44. The Morgan fingerprint density at radius 1 is 0.500 bits per heavy atom. The maximum absolute atomic E-state index is 11.2. The van der Waals surface area contributed by atoms with Crippen LogP contribution in [-0.2, 0) is 56.5 Å². The van der Waals surface area contributed by atoms with Crippen molar-refractivity contribution in [3.8, 4) is 0 Å². The minimum absolute atomic E-state index is 0.185. The van der Waals surface area contributed by atoms with Crippen molar-refractivity contribution < 1.29 is 66.4 Å². The monoisotopic (exact) mass is 825 g/mol. The van der Waals surface area contributed by atoms with Crippen molar-refractivity contribution in [1.82, 2.24) is 0 Å². The normalized spacial score (nSPS) is 12.0. The van der Waals surface area contributed by atoms with Gasteiger partial charge in [-0.1, -0.05) is 20.8 Å². The maximum atomic E-state index is 11.2. The first-order valence-corrected chi connectivity index (χ1v) is 22.0. The molecular weight excluding hydrogens is 758 g/mol. The lowest BCUT2D eigenvalue weighted by molar-refractivity contribution is -0.393. The zero-order valence-corrected chi connectivity index (χ0v) is 35.1. The van der Waals surface area contributed by atoms with Crippen LogP contribution in [0.25, 0.3) is 0 Å². The highest BCUT2D eigenvalue weighted by Crippen LogP contribution is 2.36. The molecule has 0 unspecified atom stereocenters. The molecule has 326 valence electrons. The summed E-state index contributed by atoms with van der Waals surface area (Å²) in [5.41, 5.74) is -0.528.